The SMILES string of the molecule is c1ccc(C2(CNC3CC3)CCCCC2)cc1. The summed E-state index contributed by atoms with van der Waals surface area (Å²) in [5.74, 6) is 0. The lowest BCUT2D eigenvalue weighted by Crippen LogP contribution is -2.40. The summed E-state index contributed by atoms with van der Waals surface area (Å²) in [6, 6.07) is 12.0. The van der Waals surface area contributed by atoms with E-state index in [1.807, 2.05) is 0 Å². The molecule has 1 heteroatoms. The Labute approximate surface area is 105 Å². The maximum atomic E-state index is 3.77. The Morgan fingerprint density at radius 1 is 1.00 bits per heavy atom. The summed E-state index contributed by atoms with van der Waals surface area (Å²) in [5.41, 5.74) is 2.00. The highest BCUT2D eigenvalue weighted by Crippen LogP contribution is 2.39. The van der Waals surface area contributed by atoms with E-state index in [1.165, 1.54) is 51.5 Å². The van der Waals surface area contributed by atoms with Crippen molar-refractivity contribution in [2.75, 3.05) is 6.54 Å². The lowest BCUT2D eigenvalue weighted by Gasteiger charge is -2.38. The second kappa shape index (κ2) is 4.81. The summed E-state index contributed by atoms with van der Waals surface area (Å²) < 4.78 is 0. The quantitative estimate of drug-likeness (QED) is 0.831. The van der Waals surface area contributed by atoms with Gasteiger partial charge in [0.2, 0.25) is 0 Å². The van der Waals surface area contributed by atoms with Crippen molar-refractivity contribution in [1.29, 1.82) is 0 Å². The van der Waals surface area contributed by atoms with Crippen LogP contribution >= 0.6 is 0 Å². The average Bonchev–Trinajstić information content (AvgIpc) is 3.23. The standard InChI is InChI=1S/C16H23N/c1-3-7-14(8-4-1)16(11-5-2-6-12-16)13-17-15-9-10-15/h1,3-4,7-8,15,17H,2,5-6,9-13H2. The van der Waals surface area contributed by atoms with Crippen molar-refractivity contribution >= 4 is 0 Å². The van der Waals surface area contributed by atoms with Gasteiger partial charge in [0.15, 0.2) is 0 Å². The van der Waals surface area contributed by atoms with Crippen LogP contribution in [0.1, 0.15) is 50.5 Å². The Bertz CT molecular complexity index is 347. The molecule has 0 aliphatic heterocycles. The van der Waals surface area contributed by atoms with E-state index in [-0.39, 0.29) is 0 Å². The van der Waals surface area contributed by atoms with Crippen molar-refractivity contribution in [2.45, 2.75) is 56.4 Å². The first kappa shape index (κ1) is 11.3. The molecule has 0 saturated heterocycles. The molecule has 1 aromatic rings. The van der Waals surface area contributed by atoms with E-state index in [0.29, 0.717) is 5.41 Å². The molecule has 0 aromatic heterocycles. The van der Waals surface area contributed by atoms with Gasteiger partial charge in [0.05, 0.1) is 0 Å². The van der Waals surface area contributed by atoms with Gasteiger partial charge in [-0.25, -0.2) is 0 Å². The first-order chi connectivity index (χ1) is 8.39. The minimum absolute atomic E-state index is 0.433. The van der Waals surface area contributed by atoms with Crippen LogP contribution < -0.4 is 5.32 Å². The molecule has 0 atom stereocenters. The Morgan fingerprint density at radius 2 is 1.71 bits per heavy atom. The molecule has 0 unspecified atom stereocenters. The predicted molar refractivity (Wildman–Crippen MR) is 72.2 cm³/mol. The van der Waals surface area contributed by atoms with E-state index >= 15 is 0 Å². The third kappa shape index (κ3) is 2.55. The maximum absolute atomic E-state index is 3.77. The van der Waals surface area contributed by atoms with Crippen LogP contribution in [0.25, 0.3) is 0 Å². The van der Waals surface area contributed by atoms with Crippen molar-refractivity contribution in [1.82, 2.24) is 5.32 Å². The van der Waals surface area contributed by atoms with Gasteiger partial charge in [-0.1, -0.05) is 49.6 Å². The van der Waals surface area contributed by atoms with Crippen LogP contribution in [0.15, 0.2) is 30.3 Å². The molecule has 0 amide bonds. The average molecular weight is 229 g/mol. The number of hydrogen-bond acceptors (Lipinski definition) is 1. The van der Waals surface area contributed by atoms with Gasteiger partial charge < -0.3 is 5.32 Å². The number of hydrogen-bond donors (Lipinski definition) is 1. The van der Waals surface area contributed by atoms with E-state index < -0.39 is 0 Å². The zero-order chi connectivity index (χ0) is 11.6. The lowest BCUT2D eigenvalue weighted by atomic mass is 9.69. The van der Waals surface area contributed by atoms with Crippen LogP contribution in [0, 0.1) is 0 Å². The van der Waals surface area contributed by atoms with Crippen molar-refractivity contribution < 1.29 is 0 Å². The monoisotopic (exact) mass is 229 g/mol. The lowest BCUT2D eigenvalue weighted by molar-refractivity contribution is 0.279. The van der Waals surface area contributed by atoms with Gasteiger partial charge in [-0.05, 0) is 31.2 Å². The van der Waals surface area contributed by atoms with Crippen LogP contribution in [0.3, 0.4) is 0 Å². The van der Waals surface area contributed by atoms with Crippen LogP contribution in [-0.2, 0) is 5.41 Å². The van der Waals surface area contributed by atoms with Gasteiger partial charge in [0.25, 0.3) is 0 Å². The topological polar surface area (TPSA) is 12.0 Å². The van der Waals surface area contributed by atoms with Crippen molar-refractivity contribution in [3.63, 3.8) is 0 Å². The molecule has 17 heavy (non-hydrogen) atoms. The smallest absolute Gasteiger partial charge is 0.00778 e. The van der Waals surface area contributed by atoms with Crippen molar-refractivity contribution in [3.8, 4) is 0 Å². The molecule has 2 saturated carbocycles. The molecule has 2 aliphatic carbocycles. The molecule has 0 radical (unpaired) electrons. The van der Waals surface area contributed by atoms with E-state index in [9.17, 15) is 0 Å². The largest absolute Gasteiger partial charge is 0.313 e. The Kier molecular flexibility index (Phi) is 3.19. The molecule has 1 nitrogen and oxygen atoms in total. The molecule has 1 N–H and O–H groups in total. The molecular weight excluding hydrogens is 206 g/mol. The van der Waals surface area contributed by atoms with Crippen molar-refractivity contribution in [3.05, 3.63) is 35.9 Å². The second-order valence-corrected chi connectivity index (χ2v) is 5.86. The number of nitrogens with one attached hydrogen (secondary N) is 1. The zero-order valence-electron chi connectivity index (χ0n) is 10.6. The zero-order valence-corrected chi connectivity index (χ0v) is 10.6. The highest BCUT2D eigenvalue weighted by molar-refractivity contribution is 5.26. The first-order valence-corrected chi connectivity index (χ1v) is 7.18. The minimum atomic E-state index is 0.433. The molecule has 1 aromatic carbocycles. The molecule has 92 valence electrons. The van der Waals surface area contributed by atoms with Gasteiger partial charge in [0.1, 0.15) is 0 Å². The first-order valence-electron chi connectivity index (χ1n) is 7.18. The van der Waals surface area contributed by atoms with Gasteiger partial charge in [0, 0.05) is 18.0 Å². The molecule has 2 aliphatic rings. The molecular formula is C16H23N. The molecule has 3 rings (SSSR count). The van der Waals surface area contributed by atoms with E-state index in [0.717, 1.165) is 6.04 Å². The van der Waals surface area contributed by atoms with Gasteiger partial charge in [-0.3, -0.25) is 0 Å². The predicted octanol–water partition coefficient (Wildman–Crippen LogP) is 3.64. The third-order valence-electron chi connectivity index (χ3n) is 4.50. The highest BCUT2D eigenvalue weighted by Gasteiger charge is 2.35. The normalized spacial score (nSPS) is 23.5. The minimum Gasteiger partial charge on any atom is -0.313 e. The molecule has 0 spiro atoms. The molecule has 2 fully saturated rings. The maximum Gasteiger partial charge on any atom is 0.00778 e. The summed E-state index contributed by atoms with van der Waals surface area (Å²) in [4.78, 5) is 0. The summed E-state index contributed by atoms with van der Waals surface area (Å²) in [6.45, 7) is 1.20. The summed E-state index contributed by atoms with van der Waals surface area (Å²) >= 11 is 0. The van der Waals surface area contributed by atoms with Crippen LogP contribution in [-0.4, -0.2) is 12.6 Å². The second-order valence-electron chi connectivity index (χ2n) is 5.86. The number of benzene rings is 1. The van der Waals surface area contributed by atoms with Crippen LogP contribution in [0.2, 0.25) is 0 Å². The highest BCUT2D eigenvalue weighted by atomic mass is 15.0. The fraction of sp³-hybridized carbons (Fsp3) is 0.625. The molecule has 0 heterocycles. The summed E-state index contributed by atoms with van der Waals surface area (Å²) in [6.07, 6.45) is 9.77. The number of rotatable bonds is 4. The van der Waals surface area contributed by atoms with Gasteiger partial charge >= 0.3 is 0 Å². The Balaban J connectivity index is 1.78. The Hall–Kier alpha value is -0.820. The summed E-state index contributed by atoms with van der Waals surface area (Å²) in [5, 5.41) is 3.77. The van der Waals surface area contributed by atoms with Gasteiger partial charge in [-0.2, -0.15) is 0 Å². The Morgan fingerprint density at radius 3 is 2.35 bits per heavy atom. The van der Waals surface area contributed by atoms with E-state index in [1.54, 1.807) is 5.56 Å². The van der Waals surface area contributed by atoms with E-state index in [2.05, 4.69) is 35.6 Å². The van der Waals surface area contributed by atoms with Crippen LogP contribution in [0.4, 0.5) is 0 Å². The van der Waals surface area contributed by atoms with Crippen LogP contribution in [0.5, 0.6) is 0 Å². The van der Waals surface area contributed by atoms with Crippen molar-refractivity contribution in [2.24, 2.45) is 0 Å². The molecule has 0 bridgehead atoms. The summed E-state index contributed by atoms with van der Waals surface area (Å²) in [7, 11) is 0. The fourth-order valence-electron chi connectivity index (χ4n) is 3.21. The fourth-order valence-corrected chi connectivity index (χ4v) is 3.21. The van der Waals surface area contributed by atoms with Gasteiger partial charge in [-0.15, -0.1) is 0 Å². The third-order valence-corrected chi connectivity index (χ3v) is 4.50. The van der Waals surface area contributed by atoms with E-state index in [4.69, 9.17) is 0 Å².